The van der Waals surface area contributed by atoms with E-state index in [0.29, 0.717) is 5.56 Å². The molecular weight excluding hydrogens is 400 g/mol. The highest BCUT2D eigenvalue weighted by molar-refractivity contribution is 7.28. The number of aliphatic carboxylic acids is 1. The zero-order valence-corrected chi connectivity index (χ0v) is 16.7. The third kappa shape index (κ3) is 3.54. The third-order valence-corrected chi connectivity index (χ3v) is 5.03. The number of hydrogen-bond acceptors (Lipinski definition) is 3. The molecule has 0 aromatic heterocycles. The van der Waals surface area contributed by atoms with Crippen molar-refractivity contribution in [2.75, 3.05) is 14.1 Å². The van der Waals surface area contributed by atoms with Crippen LogP contribution in [0.5, 0.6) is 0 Å². The van der Waals surface area contributed by atoms with Gasteiger partial charge in [0.25, 0.3) is 0 Å². The summed E-state index contributed by atoms with van der Waals surface area (Å²) in [6, 6.07) is 8.04. The van der Waals surface area contributed by atoms with Gasteiger partial charge in [0.2, 0.25) is 0 Å². The minimum absolute atomic E-state index is 0.0667. The summed E-state index contributed by atoms with van der Waals surface area (Å²) in [5, 5.41) is 9.30. The molecule has 4 nitrogen and oxygen atoms in total. The van der Waals surface area contributed by atoms with Gasteiger partial charge in [0.1, 0.15) is 5.82 Å². The standard InChI is InChI=1S/C21H16F3N2O2P/c1-25-13-9-11(8-12(21(27)28)19(13)26-2)14-16(22)17(23)15(20(29)18(14)24)10-6-4-3-5-7-10/h3-9H,29H2,1-2H3,(H,27,28)/b25-13-,26-19-. The Morgan fingerprint density at radius 1 is 0.931 bits per heavy atom. The molecule has 0 saturated heterocycles. The van der Waals surface area contributed by atoms with E-state index in [9.17, 15) is 18.7 Å². The first-order chi connectivity index (χ1) is 13.8. The van der Waals surface area contributed by atoms with Crippen molar-refractivity contribution in [1.29, 1.82) is 0 Å². The molecule has 0 fully saturated rings. The molecule has 0 aliphatic heterocycles. The van der Waals surface area contributed by atoms with Crippen LogP contribution in [0.25, 0.3) is 16.7 Å². The van der Waals surface area contributed by atoms with Gasteiger partial charge in [-0.1, -0.05) is 30.3 Å². The van der Waals surface area contributed by atoms with E-state index in [-0.39, 0.29) is 33.4 Å². The van der Waals surface area contributed by atoms with Crippen LogP contribution in [-0.4, -0.2) is 36.6 Å². The number of hydrogen-bond donors (Lipinski definition) is 1. The second-order valence-electron chi connectivity index (χ2n) is 6.12. The van der Waals surface area contributed by atoms with E-state index < -0.39 is 29.0 Å². The first-order valence-corrected chi connectivity index (χ1v) is 9.02. The van der Waals surface area contributed by atoms with Gasteiger partial charge in [0.05, 0.1) is 22.6 Å². The fourth-order valence-electron chi connectivity index (χ4n) is 3.15. The highest BCUT2D eigenvalue weighted by Gasteiger charge is 2.30. The Morgan fingerprint density at radius 3 is 2.10 bits per heavy atom. The number of benzene rings is 2. The predicted molar refractivity (Wildman–Crippen MR) is 112 cm³/mol. The molecule has 1 atom stereocenters. The quantitative estimate of drug-likeness (QED) is 0.470. The minimum Gasteiger partial charge on any atom is -0.478 e. The first kappa shape index (κ1) is 20.7. The molecule has 29 heavy (non-hydrogen) atoms. The van der Waals surface area contributed by atoms with Gasteiger partial charge in [0, 0.05) is 25.0 Å². The molecule has 148 valence electrons. The number of carbonyl (C=O) groups is 1. The van der Waals surface area contributed by atoms with E-state index in [4.69, 9.17) is 0 Å². The van der Waals surface area contributed by atoms with Crippen LogP contribution in [-0.2, 0) is 4.79 Å². The van der Waals surface area contributed by atoms with Crippen molar-refractivity contribution in [3.05, 3.63) is 71.1 Å². The topological polar surface area (TPSA) is 62.0 Å². The third-order valence-electron chi connectivity index (χ3n) is 4.49. The lowest BCUT2D eigenvalue weighted by molar-refractivity contribution is -0.132. The van der Waals surface area contributed by atoms with Gasteiger partial charge in [-0.3, -0.25) is 9.98 Å². The van der Waals surface area contributed by atoms with E-state index in [0.717, 1.165) is 6.08 Å². The van der Waals surface area contributed by atoms with Crippen LogP contribution >= 0.6 is 9.24 Å². The van der Waals surface area contributed by atoms with Crippen molar-refractivity contribution in [2.24, 2.45) is 9.98 Å². The number of aliphatic imine (C=N–C) groups is 2. The van der Waals surface area contributed by atoms with E-state index in [2.05, 4.69) is 19.2 Å². The van der Waals surface area contributed by atoms with E-state index in [1.807, 2.05) is 0 Å². The van der Waals surface area contributed by atoms with E-state index in [1.54, 1.807) is 30.3 Å². The van der Waals surface area contributed by atoms with Gasteiger partial charge < -0.3 is 5.11 Å². The summed E-state index contributed by atoms with van der Waals surface area (Å²) < 4.78 is 45.1. The summed E-state index contributed by atoms with van der Waals surface area (Å²) in [4.78, 5) is 19.4. The number of allylic oxidation sites excluding steroid dienone is 3. The molecule has 0 radical (unpaired) electrons. The minimum atomic E-state index is -1.41. The number of carboxylic acid groups (broad SMARTS) is 1. The van der Waals surface area contributed by atoms with Crippen molar-refractivity contribution < 1.29 is 23.1 Å². The van der Waals surface area contributed by atoms with Crippen LogP contribution in [0, 0.1) is 17.5 Å². The average Bonchev–Trinajstić information content (AvgIpc) is 2.72. The Kier molecular flexibility index (Phi) is 5.80. The smallest absolute Gasteiger partial charge is 0.337 e. The molecular formula is C21H16F3N2O2P. The number of nitrogens with zero attached hydrogens (tertiary/aromatic N) is 2. The van der Waals surface area contributed by atoms with Crippen LogP contribution in [0.1, 0.15) is 5.56 Å². The highest BCUT2D eigenvalue weighted by atomic mass is 31.0. The van der Waals surface area contributed by atoms with Crippen molar-refractivity contribution in [1.82, 2.24) is 0 Å². The molecule has 0 bridgehead atoms. The molecule has 8 heteroatoms. The number of halogens is 3. The van der Waals surface area contributed by atoms with Gasteiger partial charge in [-0.2, -0.15) is 0 Å². The van der Waals surface area contributed by atoms with E-state index in [1.165, 1.54) is 20.2 Å². The second kappa shape index (κ2) is 8.13. The zero-order chi connectivity index (χ0) is 21.3. The van der Waals surface area contributed by atoms with Crippen LogP contribution in [0.4, 0.5) is 13.2 Å². The first-order valence-electron chi connectivity index (χ1n) is 8.44. The van der Waals surface area contributed by atoms with Crippen molar-refractivity contribution in [3.63, 3.8) is 0 Å². The Labute approximate surface area is 167 Å². The summed E-state index contributed by atoms with van der Waals surface area (Å²) in [5.74, 6) is -4.99. The normalized spacial score (nSPS) is 16.8. The lowest BCUT2D eigenvalue weighted by atomic mass is 9.89. The monoisotopic (exact) mass is 416 g/mol. The average molecular weight is 416 g/mol. The van der Waals surface area contributed by atoms with Crippen LogP contribution in [0.2, 0.25) is 0 Å². The summed E-state index contributed by atoms with van der Waals surface area (Å²) >= 11 is 0. The fraction of sp³-hybridized carbons (Fsp3) is 0.0952. The van der Waals surface area contributed by atoms with E-state index >= 15 is 4.39 Å². The summed E-state index contributed by atoms with van der Waals surface area (Å²) in [6.45, 7) is 0. The maximum absolute atomic E-state index is 15.2. The number of rotatable bonds is 3. The molecule has 0 spiro atoms. The molecule has 1 aliphatic rings. The maximum atomic E-state index is 15.2. The zero-order valence-electron chi connectivity index (χ0n) is 15.5. The lowest BCUT2D eigenvalue weighted by Gasteiger charge is -2.19. The van der Waals surface area contributed by atoms with Crippen molar-refractivity contribution in [3.8, 4) is 11.1 Å². The Morgan fingerprint density at radius 2 is 1.55 bits per heavy atom. The summed E-state index contributed by atoms with van der Waals surface area (Å²) in [7, 11) is 4.87. The van der Waals surface area contributed by atoms with Crippen molar-refractivity contribution >= 4 is 37.5 Å². The fourth-order valence-corrected chi connectivity index (χ4v) is 3.59. The molecule has 3 rings (SSSR count). The molecule has 2 aromatic carbocycles. The van der Waals surface area contributed by atoms with Gasteiger partial charge >= 0.3 is 5.97 Å². The van der Waals surface area contributed by atoms with Crippen LogP contribution in [0.3, 0.4) is 0 Å². The maximum Gasteiger partial charge on any atom is 0.337 e. The molecule has 0 amide bonds. The van der Waals surface area contributed by atoms with Crippen molar-refractivity contribution in [2.45, 2.75) is 0 Å². The summed E-state index contributed by atoms with van der Waals surface area (Å²) in [5.41, 5.74) is -0.809. The molecule has 1 aliphatic carbocycles. The molecule has 1 N–H and O–H groups in total. The lowest BCUT2D eigenvalue weighted by Crippen LogP contribution is -2.25. The Hall–Kier alpha value is -3.05. The SMILES string of the molecule is C/N=C1/C=C(c2c(F)c(F)c(-c3ccccc3)c(P)c2F)C=C(C(=O)O)/C1=N/C. The van der Waals surface area contributed by atoms with Gasteiger partial charge in [-0.05, 0) is 23.3 Å². The largest absolute Gasteiger partial charge is 0.478 e. The van der Waals surface area contributed by atoms with Crippen LogP contribution < -0.4 is 5.30 Å². The molecule has 0 heterocycles. The van der Waals surface area contributed by atoms with Gasteiger partial charge in [0.15, 0.2) is 11.6 Å². The van der Waals surface area contributed by atoms with Crippen LogP contribution in [0.15, 0.2) is 58.0 Å². The molecule has 1 unspecified atom stereocenters. The Bertz CT molecular complexity index is 1110. The second-order valence-corrected chi connectivity index (χ2v) is 6.69. The summed E-state index contributed by atoms with van der Waals surface area (Å²) in [6.07, 6.45) is 2.34. The Balaban J connectivity index is 2.30. The van der Waals surface area contributed by atoms with Gasteiger partial charge in [-0.25, -0.2) is 18.0 Å². The molecule has 2 aromatic rings. The highest BCUT2D eigenvalue weighted by Crippen LogP contribution is 2.34. The molecule has 0 saturated carbocycles. The predicted octanol–water partition coefficient (Wildman–Crippen LogP) is 3.82. The number of carboxylic acids is 1. The van der Waals surface area contributed by atoms with Gasteiger partial charge in [-0.15, -0.1) is 9.24 Å².